The van der Waals surface area contributed by atoms with Gasteiger partial charge in [-0.2, -0.15) is 0 Å². The molecule has 1 aliphatic carbocycles. The number of nitrogens with zero attached hydrogens (tertiary/aromatic N) is 3. The second kappa shape index (κ2) is 16.5. The second-order valence-corrected chi connectivity index (χ2v) is 17.4. The molecule has 0 radical (unpaired) electrons. The average molecular weight is 843 g/mol. The summed E-state index contributed by atoms with van der Waals surface area (Å²) in [5.41, 5.74) is 5.30. The molecule has 51 heavy (non-hydrogen) atoms. The Morgan fingerprint density at radius 3 is 2.33 bits per heavy atom. The number of rotatable bonds is 8. The molecule has 0 saturated carbocycles. The number of alkyl carbamates (subject to hydrolysis) is 1. The molecule has 2 aromatic carbocycles. The lowest BCUT2D eigenvalue weighted by molar-refractivity contribution is -0.137. The molecule has 8 nitrogen and oxygen atoms in total. The lowest BCUT2D eigenvalue weighted by Crippen LogP contribution is -2.53. The normalized spacial score (nSPS) is 19.4. The summed E-state index contributed by atoms with van der Waals surface area (Å²) in [6, 6.07) is 15.2. The number of Topliss-reactive ketones (excluding diaryl/α,β-unsaturated/α-hetero) is 1. The van der Waals surface area contributed by atoms with Crippen molar-refractivity contribution in [1.29, 1.82) is 0 Å². The largest absolute Gasteiger partial charge is 0.444 e. The van der Waals surface area contributed by atoms with Crippen LogP contribution in [0.2, 0.25) is 5.02 Å². The molecule has 1 aromatic heterocycles. The lowest BCUT2D eigenvalue weighted by atomic mass is 9.76. The van der Waals surface area contributed by atoms with Crippen molar-refractivity contribution in [2.45, 2.75) is 83.3 Å². The number of hydrogen-bond acceptors (Lipinski definition) is 6. The molecule has 1 N–H and O–H groups in total. The average Bonchev–Trinajstić information content (AvgIpc) is 3.24. The van der Waals surface area contributed by atoms with Crippen LogP contribution in [0.5, 0.6) is 0 Å². The zero-order chi connectivity index (χ0) is 36.3. The molecular formula is C40H47Br2ClN4O4. The van der Waals surface area contributed by atoms with E-state index in [0.717, 1.165) is 64.0 Å². The topological polar surface area (TPSA) is 91.8 Å². The summed E-state index contributed by atoms with van der Waals surface area (Å²) in [5, 5.41) is 3.56. The highest BCUT2D eigenvalue weighted by atomic mass is 79.9. The maximum Gasteiger partial charge on any atom is 0.408 e. The number of hydrogen-bond donors (Lipinski definition) is 1. The van der Waals surface area contributed by atoms with Crippen molar-refractivity contribution in [1.82, 2.24) is 20.1 Å². The van der Waals surface area contributed by atoms with Crippen LogP contribution in [0.25, 0.3) is 0 Å². The zero-order valence-corrected chi connectivity index (χ0v) is 33.5. The van der Waals surface area contributed by atoms with Gasteiger partial charge in [0, 0.05) is 51.5 Å². The minimum atomic E-state index is -0.752. The van der Waals surface area contributed by atoms with E-state index in [-0.39, 0.29) is 23.5 Å². The molecule has 2 saturated heterocycles. The van der Waals surface area contributed by atoms with Crippen molar-refractivity contribution in [3.63, 3.8) is 0 Å². The number of halogens is 3. The number of aromatic nitrogens is 1. The number of likely N-dealkylation sites (tertiary alicyclic amines) is 2. The van der Waals surface area contributed by atoms with E-state index in [9.17, 15) is 14.4 Å². The van der Waals surface area contributed by atoms with E-state index in [2.05, 4.69) is 54.2 Å². The van der Waals surface area contributed by atoms with E-state index in [1.807, 2.05) is 42.6 Å². The summed E-state index contributed by atoms with van der Waals surface area (Å²) in [6.07, 6.45) is 6.70. The predicted molar refractivity (Wildman–Crippen MR) is 207 cm³/mol. The van der Waals surface area contributed by atoms with E-state index >= 15 is 0 Å². The van der Waals surface area contributed by atoms with Crippen molar-refractivity contribution in [3.05, 3.63) is 96.6 Å². The van der Waals surface area contributed by atoms with Gasteiger partial charge in [0.25, 0.3) is 0 Å². The van der Waals surface area contributed by atoms with Crippen LogP contribution in [-0.4, -0.2) is 76.9 Å². The van der Waals surface area contributed by atoms with E-state index in [0.29, 0.717) is 44.8 Å². The molecule has 6 rings (SSSR count). The molecule has 0 spiro atoms. The highest BCUT2D eigenvalue weighted by Gasteiger charge is 2.37. The number of carbonyl (C=O) groups is 3. The molecule has 2 amide bonds. The first kappa shape index (κ1) is 38.0. The van der Waals surface area contributed by atoms with Gasteiger partial charge in [-0.15, -0.1) is 0 Å². The van der Waals surface area contributed by atoms with Crippen LogP contribution in [-0.2, 0) is 33.6 Å². The van der Waals surface area contributed by atoms with E-state index in [1.165, 1.54) is 16.7 Å². The smallest absolute Gasteiger partial charge is 0.408 e. The Hall–Kier alpha value is -2.79. The molecule has 0 bridgehead atoms. The summed E-state index contributed by atoms with van der Waals surface area (Å²) >= 11 is 14.0. The fraction of sp³-hybridized carbons (Fsp3) is 0.500. The van der Waals surface area contributed by atoms with E-state index in [4.69, 9.17) is 21.3 Å². The van der Waals surface area contributed by atoms with Gasteiger partial charge in [-0.1, -0.05) is 57.9 Å². The fourth-order valence-corrected chi connectivity index (χ4v) is 9.47. The molecule has 2 aliphatic heterocycles. The molecule has 0 unspecified atom stereocenters. The zero-order valence-electron chi connectivity index (χ0n) is 29.6. The molecule has 2 fully saturated rings. The maximum atomic E-state index is 13.7. The number of ether oxygens (including phenoxy) is 1. The molecule has 2 atom stereocenters. The van der Waals surface area contributed by atoms with Crippen molar-refractivity contribution in [3.8, 4) is 0 Å². The Labute approximate surface area is 323 Å². The standard InChI is InChI=1S/C40H47Br2ClN4O4/c1-40(2,3)51-39(50)45-33(19-25-7-5-4-6-8-25)38(49)47-17-13-26(14-18-47)34(48)24-46-15-11-27(12-16-46)36-35-28(21-31(43)22-32(35)42)9-10-29-20-30(41)23-44-37(29)36/h4-8,20-23,26-27,33,36H,9-19,24H2,1-3H3,(H,45,50)/t33-,36-/m1/s1. The van der Waals surface area contributed by atoms with Gasteiger partial charge in [-0.25, -0.2) is 4.79 Å². The lowest BCUT2D eigenvalue weighted by Gasteiger charge is -2.38. The van der Waals surface area contributed by atoms with Crippen LogP contribution in [0.3, 0.4) is 0 Å². The van der Waals surface area contributed by atoms with Crippen LogP contribution < -0.4 is 5.32 Å². The first-order valence-electron chi connectivity index (χ1n) is 18.0. The van der Waals surface area contributed by atoms with E-state index < -0.39 is 17.7 Å². The number of aryl methyl sites for hydroxylation is 2. The minimum absolute atomic E-state index is 0.0814. The van der Waals surface area contributed by atoms with Gasteiger partial charge in [-0.3, -0.25) is 19.5 Å². The Kier molecular flexibility index (Phi) is 12.3. The minimum Gasteiger partial charge on any atom is -0.444 e. The Morgan fingerprint density at radius 2 is 1.65 bits per heavy atom. The molecule has 11 heteroatoms. The highest BCUT2D eigenvalue weighted by Crippen LogP contribution is 2.46. The number of piperidine rings is 2. The Morgan fingerprint density at radius 1 is 0.961 bits per heavy atom. The van der Waals surface area contributed by atoms with Crippen LogP contribution in [0.4, 0.5) is 4.79 Å². The third kappa shape index (κ3) is 9.61. The number of benzene rings is 2. The maximum absolute atomic E-state index is 13.7. The quantitative estimate of drug-likeness (QED) is 0.246. The van der Waals surface area contributed by atoms with Crippen molar-refractivity contribution in [2.24, 2.45) is 11.8 Å². The van der Waals surface area contributed by atoms with Crippen molar-refractivity contribution in [2.75, 3.05) is 32.7 Å². The molecule has 272 valence electrons. The van der Waals surface area contributed by atoms with Crippen LogP contribution in [0, 0.1) is 11.8 Å². The third-order valence-electron chi connectivity index (χ3n) is 10.4. The van der Waals surface area contributed by atoms with Gasteiger partial charge in [0.15, 0.2) is 0 Å². The number of ketones is 1. The molecule has 3 aromatic rings. The monoisotopic (exact) mass is 840 g/mol. The predicted octanol–water partition coefficient (Wildman–Crippen LogP) is 8.15. The van der Waals surface area contributed by atoms with Gasteiger partial charge >= 0.3 is 6.09 Å². The summed E-state index contributed by atoms with van der Waals surface area (Å²) in [7, 11) is 0. The summed E-state index contributed by atoms with van der Waals surface area (Å²) in [4.78, 5) is 49.1. The Balaban J connectivity index is 1.05. The number of pyridine rings is 1. The first-order chi connectivity index (χ1) is 24.3. The van der Waals surface area contributed by atoms with E-state index in [1.54, 1.807) is 25.7 Å². The van der Waals surface area contributed by atoms with Gasteiger partial charge in [0.05, 0.1) is 12.2 Å². The van der Waals surface area contributed by atoms with Gasteiger partial charge < -0.3 is 15.0 Å². The summed E-state index contributed by atoms with van der Waals surface area (Å²) < 4.78 is 7.51. The summed E-state index contributed by atoms with van der Waals surface area (Å²) in [5.74, 6) is 0.581. The Bertz CT molecular complexity index is 1730. The van der Waals surface area contributed by atoms with Gasteiger partial charge in [-0.05, 0) is 135 Å². The number of nitrogens with one attached hydrogen (secondary N) is 1. The number of amides is 2. The van der Waals surface area contributed by atoms with Gasteiger partial charge in [0.2, 0.25) is 5.91 Å². The van der Waals surface area contributed by atoms with Crippen LogP contribution in [0.15, 0.2) is 63.7 Å². The molecule has 3 aliphatic rings. The van der Waals surface area contributed by atoms with Crippen LogP contribution in [0.1, 0.15) is 80.3 Å². The fourth-order valence-electron chi connectivity index (χ4n) is 7.97. The number of fused-ring (bicyclic) bond motifs is 2. The van der Waals surface area contributed by atoms with Gasteiger partial charge in [0.1, 0.15) is 17.4 Å². The number of carbonyl (C=O) groups excluding carboxylic acids is 3. The van der Waals surface area contributed by atoms with Crippen LogP contribution >= 0.6 is 43.5 Å². The first-order valence-corrected chi connectivity index (χ1v) is 20.0. The molecular weight excluding hydrogens is 796 g/mol. The SMILES string of the molecule is CC(C)(C)OC(=O)N[C@H](Cc1ccccc1)C(=O)N1CCC(C(=O)CN2CCC([C@H]3c4ncc(Br)cc4CCc4cc(Cl)cc(Br)c43)CC2)CC1. The second-order valence-electron chi connectivity index (χ2n) is 15.2. The van der Waals surface area contributed by atoms with Crippen molar-refractivity contribution < 1.29 is 19.1 Å². The molecule has 3 heterocycles. The summed E-state index contributed by atoms with van der Waals surface area (Å²) in [6.45, 7) is 8.52. The highest BCUT2D eigenvalue weighted by molar-refractivity contribution is 9.10. The van der Waals surface area contributed by atoms with Crippen molar-refractivity contribution >= 4 is 61.2 Å². The third-order valence-corrected chi connectivity index (χ3v) is 11.7.